The van der Waals surface area contributed by atoms with Gasteiger partial charge in [-0.25, -0.2) is 5.43 Å². The van der Waals surface area contributed by atoms with Crippen LogP contribution in [0.4, 0.5) is 0 Å². The Hall–Kier alpha value is -3.02. The Kier molecular flexibility index (Phi) is 5.51. The normalized spacial score (nSPS) is 12.8. The van der Waals surface area contributed by atoms with Gasteiger partial charge in [0.1, 0.15) is 19.0 Å². The van der Waals surface area contributed by atoms with Gasteiger partial charge in [0.15, 0.2) is 11.5 Å². The van der Waals surface area contributed by atoms with E-state index in [-0.39, 0.29) is 12.3 Å². The lowest BCUT2D eigenvalue weighted by molar-refractivity contribution is -0.120. The number of benzene rings is 2. The Morgan fingerprint density at radius 1 is 1.20 bits per heavy atom. The van der Waals surface area contributed by atoms with Crippen molar-refractivity contribution in [2.45, 2.75) is 13.3 Å². The fourth-order valence-electron chi connectivity index (χ4n) is 2.47. The molecule has 1 N–H and O–H groups in total. The van der Waals surface area contributed by atoms with Gasteiger partial charge in [0.2, 0.25) is 5.91 Å². The van der Waals surface area contributed by atoms with E-state index >= 15 is 0 Å². The average molecular weight is 340 g/mol. The van der Waals surface area contributed by atoms with Crippen LogP contribution in [-0.4, -0.2) is 31.9 Å². The van der Waals surface area contributed by atoms with Crippen LogP contribution in [0, 0.1) is 0 Å². The van der Waals surface area contributed by atoms with E-state index in [0.717, 1.165) is 16.9 Å². The maximum atomic E-state index is 12.1. The molecule has 0 saturated heterocycles. The Morgan fingerprint density at radius 2 is 2.00 bits per heavy atom. The molecule has 0 atom stereocenters. The van der Waals surface area contributed by atoms with E-state index in [4.69, 9.17) is 14.2 Å². The maximum absolute atomic E-state index is 12.1. The summed E-state index contributed by atoms with van der Waals surface area (Å²) in [6.45, 7) is 3.56. The zero-order valence-electron chi connectivity index (χ0n) is 14.0. The maximum Gasteiger partial charge on any atom is 0.244 e. The van der Waals surface area contributed by atoms with E-state index < -0.39 is 0 Å². The minimum Gasteiger partial charge on any atom is -0.493 e. The van der Waals surface area contributed by atoms with Crippen molar-refractivity contribution in [1.29, 1.82) is 0 Å². The molecule has 1 amide bonds. The predicted octanol–water partition coefficient (Wildman–Crippen LogP) is 2.55. The first-order valence-corrected chi connectivity index (χ1v) is 8.18. The fraction of sp³-hybridized carbons (Fsp3) is 0.263. The van der Waals surface area contributed by atoms with E-state index in [9.17, 15) is 4.79 Å². The second-order valence-electron chi connectivity index (χ2n) is 5.42. The van der Waals surface area contributed by atoms with Crippen LogP contribution in [0.15, 0.2) is 47.6 Å². The van der Waals surface area contributed by atoms with Crippen molar-refractivity contribution in [2.24, 2.45) is 5.10 Å². The molecule has 130 valence electrons. The van der Waals surface area contributed by atoms with Gasteiger partial charge in [-0.2, -0.15) is 5.10 Å². The highest BCUT2D eigenvalue weighted by Gasteiger charge is 2.13. The topological polar surface area (TPSA) is 69.2 Å². The molecule has 0 radical (unpaired) electrons. The van der Waals surface area contributed by atoms with Crippen LogP contribution < -0.4 is 19.6 Å². The Balaban J connectivity index is 1.58. The third kappa shape index (κ3) is 4.50. The number of hydrazone groups is 1. The van der Waals surface area contributed by atoms with Crippen molar-refractivity contribution in [2.75, 3.05) is 19.8 Å². The minimum atomic E-state index is -0.207. The van der Waals surface area contributed by atoms with Crippen molar-refractivity contribution in [1.82, 2.24) is 5.43 Å². The minimum absolute atomic E-state index is 0.207. The van der Waals surface area contributed by atoms with E-state index in [1.165, 1.54) is 0 Å². The summed E-state index contributed by atoms with van der Waals surface area (Å²) in [5, 5.41) is 4.01. The van der Waals surface area contributed by atoms with Crippen LogP contribution in [0.1, 0.15) is 18.1 Å². The molecule has 6 nitrogen and oxygen atoms in total. The number of nitrogens with zero attached hydrogens (tertiary/aromatic N) is 1. The molecule has 2 aromatic rings. The van der Waals surface area contributed by atoms with Gasteiger partial charge < -0.3 is 14.2 Å². The summed E-state index contributed by atoms with van der Waals surface area (Å²) < 4.78 is 16.5. The van der Waals surface area contributed by atoms with Crippen molar-refractivity contribution >= 4 is 12.1 Å². The van der Waals surface area contributed by atoms with E-state index in [0.29, 0.717) is 31.3 Å². The largest absolute Gasteiger partial charge is 0.493 e. The van der Waals surface area contributed by atoms with Crippen LogP contribution in [0.5, 0.6) is 17.2 Å². The summed E-state index contributed by atoms with van der Waals surface area (Å²) in [6, 6.07) is 13.0. The van der Waals surface area contributed by atoms with Crippen LogP contribution in [0.25, 0.3) is 0 Å². The van der Waals surface area contributed by atoms with Crippen LogP contribution in [-0.2, 0) is 11.2 Å². The molecule has 1 aliphatic heterocycles. The number of hydrogen-bond acceptors (Lipinski definition) is 5. The highest BCUT2D eigenvalue weighted by Crippen LogP contribution is 2.30. The highest BCUT2D eigenvalue weighted by atomic mass is 16.6. The molecule has 25 heavy (non-hydrogen) atoms. The van der Waals surface area contributed by atoms with Gasteiger partial charge in [-0.3, -0.25) is 4.79 Å². The standard InChI is InChI=1S/C19H20N2O4/c1-2-23-16-6-4-3-5-15(16)13-20-21-19(22)12-14-7-8-17-18(11-14)25-10-9-24-17/h3-8,11,13H,2,9-10,12H2,1H3,(H,21,22)/b20-13+. The molecule has 0 aliphatic carbocycles. The number of para-hydroxylation sites is 1. The van der Waals surface area contributed by atoms with Gasteiger partial charge in [0.05, 0.1) is 19.2 Å². The molecular weight excluding hydrogens is 320 g/mol. The second-order valence-corrected chi connectivity index (χ2v) is 5.42. The second kappa shape index (κ2) is 8.19. The molecule has 0 saturated carbocycles. The van der Waals surface area contributed by atoms with Gasteiger partial charge in [-0.1, -0.05) is 18.2 Å². The lowest BCUT2D eigenvalue weighted by Gasteiger charge is -2.18. The molecule has 1 aliphatic rings. The summed E-state index contributed by atoms with van der Waals surface area (Å²) in [6.07, 6.45) is 1.79. The molecule has 0 aromatic heterocycles. The van der Waals surface area contributed by atoms with E-state index in [1.807, 2.05) is 49.4 Å². The zero-order valence-corrected chi connectivity index (χ0v) is 14.0. The first kappa shape index (κ1) is 16.8. The number of carbonyl (C=O) groups excluding carboxylic acids is 1. The molecule has 0 spiro atoms. The lowest BCUT2D eigenvalue weighted by atomic mass is 10.1. The van der Waals surface area contributed by atoms with Crippen molar-refractivity contribution < 1.29 is 19.0 Å². The highest BCUT2D eigenvalue weighted by molar-refractivity contribution is 5.85. The summed E-state index contributed by atoms with van der Waals surface area (Å²) in [4.78, 5) is 12.1. The summed E-state index contributed by atoms with van der Waals surface area (Å²) in [5.41, 5.74) is 4.18. The molecule has 0 bridgehead atoms. The molecule has 3 rings (SSSR count). The van der Waals surface area contributed by atoms with E-state index in [2.05, 4.69) is 10.5 Å². The zero-order chi connectivity index (χ0) is 17.5. The van der Waals surface area contributed by atoms with Crippen LogP contribution in [0.2, 0.25) is 0 Å². The smallest absolute Gasteiger partial charge is 0.244 e. The number of hydrogen-bond donors (Lipinski definition) is 1. The fourth-order valence-corrected chi connectivity index (χ4v) is 2.47. The predicted molar refractivity (Wildman–Crippen MR) is 94.5 cm³/mol. The quantitative estimate of drug-likeness (QED) is 0.648. The van der Waals surface area contributed by atoms with Gasteiger partial charge >= 0.3 is 0 Å². The van der Waals surface area contributed by atoms with Gasteiger partial charge in [0, 0.05) is 5.56 Å². The summed E-state index contributed by atoms with van der Waals surface area (Å²) in [7, 11) is 0. The molecule has 2 aromatic carbocycles. The number of fused-ring (bicyclic) bond motifs is 1. The van der Waals surface area contributed by atoms with Gasteiger partial charge in [-0.05, 0) is 36.8 Å². The molecule has 0 unspecified atom stereocenters. The first-order chi connectivity index (χ1) is 12.3. The average Bonchev–Trinajstić information content (AvgIpc) is 2.63. The summed E-state index contributed by atoms with van der Waals surface area (Å²) in [5.74, 6) is 1.91. The van der Waals surface area contributed by atoms with Crippen LogP contribution in [0.3, 0.4) is 0 Å². The third-order valence-corrected chi connectivity index (χ3v) is 3.58. The number of rotatable bonds is 6. The number of carbonyl (C=O) groups is 1. The molecule has 1 heterocycles. The Bertz CT molecular complexity index is 774. The van der Waals surface area contributed by atoms with Gasteiger partial charge in [-0.15, -0.1) is 0 Å². The van der Waals surface area contributed by atoms with Gasteiger partial charge in [0.25, 0.3) is 0 Å². The molecule has 0 fully saturated rings. The van der Waals surface area contributed by atoms with Crippen molar-refractivity contribution in [3.05, 3.63) is 53.6 Å². The number of nitrogens with one attached hydrogen (secondary N) is 1. The SMILES string of the molecule is CCOc1ccccc1/C=N/NC(=O)Cc1ccc2c(c1)OCCO2. The summed E-state index contributed by atoms with van der Waals surface area (Å²) >= 11 is 0. The van der Waals surface area contributed by atoms with Crippen molar-refractivity contribution in [3.8, 4) is 17.2 Å². The molecule has 6 heteroatoms. The monoisotopic (exact) mass is 340 g/mol. The number of amides is 1. The third-order valence-electron chi connectivity index (χ3n) is 3.58. The van der Waals surface area contributed by atoms with E-state index in [1.54, 1.807) is 6.21 Å². The van der Waals surface area contributed by atoms with Crippen molar-refractivity contribution in [3.63, 3.8) is 0 Å². The lowest BCUT2D eigenvalue weighted by Crippen LogP contribution is -2.20. The number of ether oxygens (including phenoxy) is 3. The molecular formula is C19H20N2O4. The first-order valence-electron chi connectivity index (χ1n) is 8.18. The van der Waals surface area contributed by atoms with Crippen LogP contribution >= 0.6 is 0 Å². The Labute approximate surface area is 146 Å². The Morgan fingerprint density at radius 3 is 2.84 bits per heavy atom.